The van der Waals surface area contributed by atoms with Gasteiger partial charge in [-0.3, -0.25) is 9.36 Å². The lowest BCUT2D eigenvalue weighted by atomic mass is 10.1. The molecule has 0 bridgehead atoms. The molecule has 0 aliphatic heterocycles. The van der Waals surface area contributed by atoms with Gasteiger partial charge in [0.2, 0.25) is 0 Å². The molecule has 0 aliphatic rings. The van der Waals surface area contributed by atoms with Crippen LogP contribution < -0.4 is 5.56 Å². The smallest absolute Gasteiger partial charge is 0.262 e. The van der Waals surface area contributed by atoms with Crippen molar-refractivity contribution in [3.63, 3.8) is 0 Å². The van der Waals surface area contributed by atoms with Crippen LogP contribution in [0.3, 0.4) is 0 Å². The molecule has 0 aliphatic carbocycles. The fraction of sp³-hybridized carbons (Fsp3) is 0.211. The van der Waals surface area contributed by atoms with Crippen LogP contribution in [0.5, 0.6) is 0 Å². The zero-order chi connectivity index (χ0) is 17.1. The van der Waals surface area contributed by atoms with Gasteiger partial charge in [-0.05, 0) is 31.5 Å². The Morgan fingerprint density at radius 3 is 2.62 bits per heavy atom. The molecule has 2 aromatic carbocycles. The van der Waals surface area contributed by atoms with Gasteiger partial charge in [-0.1, -0.05) is 53.7 Å². The van der Waals surface area contributed by atoms with E-state index in [4.69, 9.17) is 5.26 Å². The summed E-state index contributed by atoms with van der Waals surface area (Å²) in [6.07, 6.45) is 0. The number of aryl methyl sites for hydroxylation is 1. The van der Waals surface area contributed by atoms with E-state index in [9.17, 15) is 4.79 Å². The molecule has 0 amide bonds. The highest BCUT2D eigenvalue weighted by Crippen LogP contribution is 2.22. The average Bonchev–Trinajstić information content (AvgIpc) is 2.60. The molecule has 0 radical (unpaired) electrons. The summed E-state index contributed by atoms with van der Waals surface area (Å²) >= 11 is 1.31. The Morgan fingerprint density at radius 1 is 1.21 bits per heavy atom. The van der Waals surface area contributed by atoms with Crippen molar-refractivity contribution < 1.29 is 0 Å². The van der Waals surface area contributed by atoms with Crippen molar-refractivity contribution in [1.29, 1.82) is 5.26 Å². The maximum atomic E-state index is 12.9. The molecule has 0 saturated heterocycles. The number of nitriles is 1. The lowest BCUT2D eigenvalue weighted by Crippen LogP contribution is -2.24. The highest BCUT2D eigenvalue weighted by atomic mass is 32.2. The maximum absolute atomic E-state index is 12.9. The second-order valence-corrected chi connectivity index (χ2v) is 6.99. The highest BCUT2D eigenvalue weighted by Gasteiger charge is 2.14. The van der Waals surface area contributed by atoms with E-state index in [1.54, 1.807) is 10.6 Å². The van der Waals surface area contributed by atoms with Gasteiger partial charge < -0.3 is 0 Å². The van der Waals surface area contributed by atoms with Crippen LogP contribution in [0, 0.1) is 18.3 Å². The number of aromatic nitrogens is 2. The first-order chi connectivity index (χ1) is 11.6. The predicted octanol–water partition coefficient (Wildman–Crippen LogP) is 3.76. The summed E-state index contributed by atoms with van der Waals surface area (Å²) in [5, 5.41) is 10.0. The number of benzene rings is 2. The lowest BCUT2D eigenvalue weighted by molar-refractivity contribution is 0.657. The van der Waals surface area contributed by atoms with Crippen molar-refractivity contribution in [2.75, 3.05) is 0 Å². The average molecular weight is 335 g/mol. The van der Waals surface area contributed by atoms with Gasteiger partial charge in [0.15, 0.2) is 5.16 Å². The summed E-state index contributed by atoms with van der Waals surface area (Å²) in [5.74, 6) is 0. The largest absolute Gasteiger partial charge is 0.283 e. The van der Waals surface area contributed by atoms with E-state index in [1.165, 1.54) is 17.3 Å². The molecule has 0 unspecified atom stereocenters. The van der Waals surface area contributed by atoms with Crippen LogP contribution in [0.2, 0.25) is 0 Å². The van der Waals surface area contributed by atoms with E-state index < -0.39 is 0 Å². The van der Waals surface area contributed by atoms with Crippen LogP contribution >= 0.6 is 11.8 Å². The zero-order valence-electron chi connectivity index (χ0n) is 13.6. The molecule has 0 fully saturated rings. The van der Waals surface area contributed by atoms with Crippen molar-refractivity contribution in [2.24, 2.45) is 0 Å². The summed E-state index contributed by atoms with van der Waals surface area (Å²) in [6, 6.07) is 17.6. The summed E-state index contributed by atoms with van der Waals surface area (Å²) in [5.41, 5.74) is 2.80. The van der Waals surface area contributed by atoms with E-state index in [-0.39, 0.29) is 10.8 Å². The fourth-order valence-corrected chi connectivity index (χ4v) is 3.23. The van der Waals surface area contributed by atoms with Crippen LogP contribution in [-0.4, -0.2) is 14.8 Å². The second kappa shape index (κ2) is 6.90. The third-order valence-electron chi connectivity index (χ3n) is 3.75. The first kappa shape index (κ1) is 16.3. The minimum absolute atomic E-state index is 0.0752. The first-order valence-electron chi connectivity index (χ1n) is 7.70. The summed E-state index contributed by atoms with van der Waals surface area (Å²) < 4.78 is 1.66. The standard InChI is InChI=1S/C19H17N3OS/c1-13-7-9-15(10-8-13)12-22-18(23)16-5-3-4-6-17(16)21-19(22)24-14(2)11-20/h3-10,14H,12H2,1-2H3/t14-/m0/s1. The topological polar surface area (TPSA) is 58.7 Å². The number of thioether (sulfide) groups is 1. The Kier molecular flexibility index (Phi) is 4.68. The van der Waals surface area contributed by atoms with Crippen LogP contribution in [0.15, 0.2) is 58.5 Å². The van der Waals surface area contributed by atoms with Crippen molar-refractivity contribution in [3.8, 4) is 6.07 Å². The number of nitrogens with zero attached hydrogens (tertiary/aromatic N) is 3. The van der Waals surface area contributed by atoms with Gasteiger partial charge in [-0.2, -0.15) is 5.26 Å². The maximum Gasteiger partial charge on any atom is 0.262 e. The molecule has 5 heteroatoms. The summed E-state index contributed by atoms with van der Waals surface area (Å²) in [7, 11) is 0. The van der Waals surface area contributed by atoms with Crippen molar-refractivity contribution in [2.45, 2.75) is 30.8 Å². The highest BCUT2D eigenvalue weighted by molar-refractivity contribution is 8.00. The number of para-hydroxylation sites is 1. The monoisotopic (exact) mass is 335 g/mol. The van der Waals surface area contributed by atoms with E-state index >= 15 is 0 Å². The van der Waals surface area contributed by atoms with Gasteiger partial charge in [0.25, 0.3) is 5.56 Å². The van der Waals surface area contributed by atoms with Crippen LogP contribution in [-0.2, 0) is 6.54 Å². The molecule has 1 aromatic heterocycles. The third kappa shape index (κ3) is 3.34. The number of hydrogen-bond donors (Lipinski definition) is 0. The van der Waals surface area contributed by atoms with Gasteiger partial charge >= 0.3 is 0 Å². The van der Waals surface area contributed by atoms with Crippen molar-refractivity contribution >= 4 is 22.7 Å². The van der Waals surface area contributed by atoms with Crippen molar-refractivity contribution in [3.05, 3.63) is 70.0 Å². The number of fused-ring (bicyclic) bond motifs is 1. The number of rotatable bonds is 4. The SMILES string of the molecule is Cc1ccc(Cn2c(S[C@@H](C)C#N)nc3ccccc3c2=O)cc1. The second-order valence-electron chi connectivity index (χ2n) is 5.68. The zero-order valence-corrected chi connectivity index (χ0v) is 14.4. The molecule has 0 spiro atoms. The van der Waals surface area contributed by atoms with Gasteiger partial charge in [0.1, 0.15) is 0 Å². The van der Waals surface area contributed by atoms with Gasteiger partial charge in [-0.15, -0.1) is 0 Å². The quantitative estimate of drug-likeness (QED) is 0.538. The molecule has 0 N–H and O–H groups in total. The normalized spacial score (nSPS) is 12.0. The molecule has 4 nitrogen and oxygen atoms in total. The fourth-order valence-electron chi connectivity index (χ4n) is 2.44. The Balaban J connectivity index is 2.13. The molecule has 1 atom stereocenters. The Morgan fingerprint density at radius 2 is 1.92 bits per heavy atom. The predicted molar refractivity (Wildman–Crippen MR) is 97.2 cm³/mol. The third-order valence-corrected chi connectivity index (χ3v) is 4.73. The molecule has 1 heterocycles. The number of hydrogen-bond acceptors (Lipinski definition) is 4. The molecule has 24 heavy (non-hydrogen) atoms. The molecule has 0 saturated carbocycles. The summed E-state index contributed by atoms with van der Waals surface area (Å²) in [4.78, 5) is 17.5. The van der Waals surface area contributed by atoms with Gasteiger partial charge in [0, 0.05) is 0 Å². The van der Waals surface area contributed by atoms with E-state index in [2.05, 4.69) is 11.1 Å². The van der Waals surface area contributed by atoms with Gasteiger partial charge in [0.05, 0.1) is 28.8 Å². The van der Waals surface area contributed by atoms with E-state index in [0.29, 0.717) is 22.6 Å². The Hall–Kier alpha value is -2.58. The summed E-state index contributed by atoms with van der Waals surface area (Å²) in [6.45, 7) is 4.28. The van der Waals surface area contributed by atoms with Crippen LogP contribution in [0.1, 0.15) is 18.1 Å². The molecular weight excluding hydrogens is 318 g/mol. The van der Waals surface area contributed by atoms with Crippen LogP contribution in [0.25, 0.3) is 10.9 Å². The Labute approximate surface area is 144 Å². The van der Waals surface area contributed by atoms with E-state index in [1.807, 2.05) is 56.3 Å². The minimum atomic E-state index is -0.276. The van der Waals surface area contributed by atoms with Crippen molar-refractivity contribution in [1.82, 2.24) is 9.55 Å². The minimum Gasteiger partial charge on any atom is -0.283 e. The van der Waals surface area contributed by atoms with Gasteiger partial charge in [-0.25, -0.2) is 4.98 Å². The lowest BCUT2D eigenvalue weighted by Gasteiger charge is -2.14. The Bertz CT molecular complexity index is 971. The first-order valence-corrected chi connectivity index (χ1v) is 8.58. The molecule has 120 valence electrons. The molecule has 3 aromatic rings. The molecule has 3 rings (SSSR count). The van der Waals surface area contributed by atoms with Crippen LogP contribution in [0.4, 0.5) is 0 Å². The van der Waals surface area contributed by atoms with E-state index in [0.717, 1.165) is 5.56 Å². The molecular formula is C19H17N3OS.